The SMILES string of the molecule is CCCCCCc1ccc2c(c1)CC(C)C2C. The van der Waals surface area contributed by atoms with Gasteiger partial charge in [0.25, 0.3) is 0 Å². The largest absolute Gasteiger partial charge is 0.0654 e. The molecule has 0 saturated carbocycles. The van der Waals surface area contributed by atoms with Gasteiger partial charge >= 0.3 is 0 Å². The highest BCUT2D eigenvalue weighted by molar-refractivity contribution is 5.38. The summed E-state index contributed by atoms with van der Waals surface area (Å²) >= 11 is 0. The van der Waals surface area contributed by atoms with Crippen molar-refractivity contribution in [1.82, 2.24) is 0 Å². The zero-order chi connectivity index (χ0) is 12.3. The Kier molecular flexibility index (Phi) is 4.25. The molecule has 94 valence electrons. The Morgan fingerprint density at radius 2 is 1.94 bits per heavy atom. The van der Waals surface area contributed by atoms with Crippen molar-refractivity contribution in [2.45, 2.75) is 65.2 Å². The van der Waals surface area contributed by atoms with Crippen molar-refractivity contribution in [3.05, 3.63) is 34.9 Å². The van der Waals surface area contributed by atoms with E-state index in [1.54, 1.807) is 16.7 Å². The van der Waals surface area contributed by atoms with Gasteiger partial charge in [0, 0.05) is 0 Å². The Bertz CT molecular complexity index is 364. The Hall–Kier alpha value is -0.780. The first-order valence-electron chi connectivity index (χ1n) is 7.34. The number of benzene rings is 1. The number of hydrogen-bond acceptors (Lipinski definition) is 0. The summed E-state index contributed by atoms with van der Waals surface area (Å²) in [7, 11) is 0. The number of aryl methyl sites for hydroxylation is 1. The molecule has 0 N–H and O–H groups in total. The summed E-state index contributed by atoms with van der Waals surface area (Å²) in [5, 5.41) is 0. The van der Waals surface area contributed by atoms with Crippen molar-refractivity contribution in [2.75, 3.05) is 0 Å². The second-order valence-electron chi connectivity index (χ2n) is 5.81. The highest BCUT2D eigenvalue weighted by atomic mass is 14.3. The minimum Gasteiger partial charge on any atom is -0.0654 e. The molecule has 1 aromatic rings. The van der Waals surface area contributed by atoms with E-state index in [9.17, 15) is 0 Å². The van der Waals surface area contributed by atoms with Crippen LogP contribution in [0.15, 0.2) is 18.2 Å². The van der Waals surface area contributed by atoms with E-state index in [0.29, 0.717) is 0 Å². The maximum absolute atomic E-state index is 2.47. The molecule has 0 fully saturated rings. The van der Waals surface area contributed by atoms with Crippen LogP contribution in [0.1, 0.15) is 69.1 Å². The first-order chi connectivity index (χ1) is 8.22. The van der Waals surface area contributed by atoms with Gasteiger partial charge in [-0.15, -0.1) is 0 Å². The maximum atomic E-state index is 2.47. The molecule has 0 heterocycles. The Morgan fingerprint density at radius 1 is 1.12 bits per heavy atom. The van der Waals surface area contributed by atoms with Crippen molar-refractivity contribution in [3.8, 4) is 0 Å². The molecule has 0 aromatic heterocycles. The summed E-state index contributed by atoms with van der Waals surface area (Å²) < 4.78 is 0. The second-order valence-corrected chi connectivity index (χ2v) is 5.81. The van der Waals surface area contributed by atoms with Crippen molar-refractivity contribution in [3.63, 3.8) is 0 Å². The normalized spacial score (nSPS) is 22.8. The van der Waals surface area contributed by atoms with Crippen LogP contribution < -0.4 is 0 Å². The predicted octanol–water partition coefficient (Wildman–Crippen LogP) is 5.11. The molecule has 1 aromatic carbocycles. The topological polar surface area (TPSA) is 0 Å². The Morgan fingerprint density at radius 3 is 2.71 bits per heavy atom. The fourth-order valence-electron chi connectivity index (χ4n) is 3.02. The quantitative estimate of drug-likeness (QED) is 0.617. The monoisotopic (exact) mass is 230 g/mol. The average Bonchev–Trinajstić information content (AvgIpc) is 2.61. The minimum absolute atomic E-state index is 0.763. The molecule has 0 spiro atoms. The van der Waals surface area contributed by atoms with Crippen molar-refractivity contribution < 1.29 is 0 Å². The lowest BCUT2D eigenvalue weighted by Crippen LogP contribution is -1.97. The van der Waals surface area contributed by atoms with Gasteiger partial charge < -0.3 is 0 Å². The molecule has 2 rings (SSSR count). The van der Waals surface area contributed by atoms with Gasteiger partial charge in [0.05, 0.1) is 0 Å². The molecule has 0 amide bonds. The van der Waals surface area contributed by atoms with Gasteiger partial charge in [-0.3, -0.25) is 0 Å². The smallest absolute Gasteiger partial charge is 0.0159 e. The molecule has 2 unspecified atom stereocenters. The fraction of sp³-hybridized carbons (Fsp3) is 0.647. The third-order valence-electron chi connectivity index (χ3n) is 4.41. The van der Waals surface area contributed by atoms with Crippen LogP contribution in [0.4, 0.5) is 0 Å². The van der Waals surface area contributed by atoms with Crippen molar-refractivity contribution in [1.29, 1.82) is 0 Å². The zero-order valence-electron chi connectivity index (χ0n) is 11.6. The van der Waals surface area contributed by atoms with Crippen LogP contribution in [0.2, 0.25) is 0 Å². The maximum Gasteiger partial charge on any atom is -0.0159 e. The Balaban J connectivity index is 1.96. The highest BCUT2D eigenvalue weighted by Gasteiger charge is 2.25. The van der Waals surface area contributed by atoms with E-state index in [4.69, 9.17) is 0 Å². The first kappa shape index (κ1) is 12.7. The van der Waals surface area contributed by atoms with Gasteiger partial charge in [0.15, 0.2) is 0 Å². The van der Waals surface area contributed by atoms with E-state index in [1.807, 2.05) is 0 Å². The number of unbranched alkanes of at least 4 members (excludes halogenated alkanes) is 3. The third kappa shape index (κ3) is 2.91. The summed E-state index contributed by atoms with van der Waals surface area (Å²) in [5.74, 6) is 1.60. The summed E-state index contributed by atoms with van der Waals surface area (Å²) in [5.41, 5.74) is 4.79. The predicted molar refractivity (Wildman–Crippen MR) is 75.6 cm³/mol. The van der Waals surface area contributed by atoms with Gasteiger partial charge in [-0.05, 0) is 47.8 Å². The molecule has 17 heavy (non-hydrogen) atoms. The summed E-state index contributed by atoms with van der Waals surface area (Å²) in [6.45, 7) is 7.03. The van der Waals surface area contributed by atoms with E-state index in [2.05, 4.69) is 39.0 Å². The summed E-state index contributed by atoms with van der Waals surface area (Å²) in [6.07, 6.45) is 8.03. The molecule has 1 aliphatic rings. The lowest BCUT2D eigenvalue weighted by Gasteiger charge is -2.09. The van der Waals surface area contributed by atoms with Gasteiger partial charge in [0.1, 0.15) is 0 Å². The van der Waals surface area contributed by atoms with Crippen LogP contribution in [0.5, 0.6) is 0 Å². The van der Waals surface area contributed by atoms with E-state index >= 15 is 0 Å². The molecule has 1 aliphatic carbocycles. The average molecular weight is 230 g/mol. The van der Waals surface area contributed by atoms with Gasteiger partial charge in [0.2, 0.25) is 0 Å². The van der Waals surface area contributed by atoms with Crippen molar-refractivity contribution in [2.24, 2.45) is 5.92 Å². The first-order valence-corrected chi connectivity index (χ1v) is 7.34. The van der Waals surface area contributed by atoms with Crippen LogP contribution in [0, 0.1) is 5.92 Å². The molecule has 2 atom stereocenters. The molecule has 0 bridgehead atoms. The second kappa shape index (κ2) is 5.71. The Labute approximate surface area is 106 Å². The molecular weight excluding hydrogens is 204 g/mol. The van der Waals surface area contributed by atoms with Crippen LogP contribution in [0.25, 0.3) is 0 Å². The van der Waals surface area contributed by atoms with E-state index in [0.717, 1.165) is 11.8 Å². The van der Waals surface area contributed by atoms with E-state index in [1.165, 1.54) is 38.5 Å². The number of fused-ring (bicyclic) bond motifs is 1. The lowest BCUT2D eigenvalue weighted by atomic mass is 9.96. The van der Waals surface area contributed by atoms with E-state index in [-0.39, 0.29) is 0 Å². The van der Waals surface area contributed by atoms with Crippen LogP contribution in [0.3, 0.4) is 0 Å². The molecule has 0 nitrogen and oxygen atoms in total. The third-order valence-corrected chi connectivity index (χ3v) is 4.41. The van der Waals surface area contributed by atoms with Gasteiger partial charge in [-0.25, -0.2) is 0 Å². The minimum atomic E-state index is 0.763. The number of hydrogen-bond donors (Lipinski definition) is 0. The van der Waals surface area contributed by atoms with Gasteiger partial charge in [-0.2, -0.15) is 0 Å². The molecule has 0 saturated heterocycles. The zero-order valence-corrected chi connectivity index (χ0v) is 11.6. The van der Waals surface area contributed by atoms with Crippen LogP contribution in [-0.4, -0.2) is 0 Å². The standard InChI is InChI=1S/C17H26/c1-4-5-6-7-8-15-9-10-17-14(3)13(2)11-16(17)12-15/h9-10,12-14H,4-8,11H2,1-3H3. The molecule has 0 radical (unpaired) electrons. The van der Waals surface area contributed by atoms with Crippen molar-refractivity contribution >= 4 is 0 Å². The summed E-state index contributed by atoms with van der Waals surface area (Å²) in [6, 6.07) is 7.22. The van der Waals surface area contributed by atoms with E-state index < -0.39 is 0 Å². The molecule has 0 heteroatoms. The van der Waals surface area contributed by atoms with Gasteiger partial charge in [-0.1, -0.05) is 58.2 Å². The molecule has 0 aliphatic heterocycles. The number of rotatable bonds is 5. The van der Waals surface area contributed by atoms with Crippen LogP contribution in [-0.2, 0) is 12.8 Å². The lowest BCUT2D eigenvalue weighted by molar-refractivity contribution is 0.532. The van der Waals surface area contributed by atoms with Crippen LogP contribution >= 0.6 is 0 Å². The molecular formula is C17H26. The highest BCUT2D eigenvalue weighted by Crippen LogP contribution is 2.37. The fourth-order valence-corrected chi connectivity index (χ4v) is 3.02. The summed E-state index contributed by atoms with van der Waals surface area (Å²) in [4.78, 5) is 0.